The van der Waals surface area contributed by atoms with Crippen molar-refractivity contribution in [3.8, 4) is 77.9 Å². The first kappa shape index (κ1) is 37.4. The molecule has 64 heavy (non-hydrogen) atoms. The van der Waals surface area contributed by atoms with Crippen molar-refractivity contribution in [3.05, 3.63) is 255 Å². The van der Waals surface area contributed by atoms with E-state index in [-0.39, 0.29) is 0 Å². The lowest BCUT2D eigenvalue weighted by Crippen LogP contribution is -1.95. The highest BCUT2D eigenvalue weighted by molar-refractivity contribution is 6.26. The van der Waals surface area contributed by atoms with Gasteiger partial charge >= 0.3 is 0 Å². The molecular formula is C64H42. The fourth-order valence-electron chi connectivity index (χ4n) is 10.4. The van der Waals surface area contributed by atoms with Crippen molar-refractivity contribution < 1.29 is 0 Å². The van der Waals surface area contributed by atoms with Crippen LogP contribution in [0.3, 0.4) is 0 Å². The number of hydrogen-bond donors (Lipinski definition) is 0. The van der Waals surface area contributed by atoms with Crippen molar-refractivity contribution in [2.24, 2.45) is 0 Å². The molecule has 0 aromatic heterocycles. The highest BCUT2D eigenvalue weighted by Gasteiger charge is 2.23. The van der Waals surface area contributed by atoms with Crippen molar-refractivity contribution in [2.75, 3.05) is 0 Å². The smallest absolute Gasteiger partial charge is 0.00199 e. The quantitative estimate of drug-likeness (QED) is 0.141. The largest absolute Gasteiger partial charge is 0.0622 e. The number of benzene rings is 12. The van der Waals surface area contributed by atoms with Gasteiger partial charge in [0.15, 0.2) is 0 Å². The molecule has 0 radical (unpaired) electrons. The fraction of sp³-hybridized carbons (Fsp3) is 0. The van der Waals surface area contributed by atoms with Gasteiger partial charge in [-0.1, -0.05) is 249 Å². The van der Waals surface area contributed by atoms with Gasteiger partial charge in [-0.15, -0.1) is 0 Å². The van der Waals surface area contributed by atoms with Crippen LogP contribution in [-0.2, 0) is 0 Å². The van der Waals surface area contributed by atoms with E-state index in [1.807, 2.05) is 0 Å². The molecule has 0 amide bonds. The maximum atomic E-state index is 2.50. The SMILES string of the molecule is c1ccc(-c2ccccc2-c2c3ccccc3c(-c3ccc4c(-c5ccccc5-c5ccccc5)c5ccccc5c(-c5ccccc5-c5ccccc5)c4c3)c3ccccc23)cc1. The molecular weight excluding hydrogens is 769 g/mol. The van der Waals surface area contributed by atoms with Crippen molar-refractivity contribution in [3.63, 3.8) is 0 Å². The summed E-state index contributed by atoms with van der Waals surface area (Å²) in [6.07, 6.45) is 0. The molecule has 12 aromatic rings. The zero-order valence-electron chi connectivity index (χ0n) is 35.2. The first-order chi connectivity index (χ1) is 31.8. The molecule has 0 bridgehead atoms. The van der Waals surface area contributed by atoms with Crippen LogP contribution in [0.1, 0.15) is 0 Å². The Kier molecular flexibility index (Phi) is 9.28. The summed E-state index contributed by atoms with van der Waals surface area (Å²) in [5, 5.41) is 9.88. The van der Waals surface area contributed by atoms with Gasteiger partial charge in [0.2, 0.25) is 0 Å². The molecule has 12 rings (SSSR count). The number of rotatable bonds is 7. The minimum atomic E-state index is 1.19. The summed E-state index contributed by atoms with van der Waals surface area (Å²) < 4.78 is 0. The fourth-order valence-corrected chi connectivity index (χ4v) is 10.4. The van der Waals surface area contributed by atoms with Crippen LogP contribution in [0, 0.1) is 0 Å². The standard InChI is InChI=1S/C64H42/c1-4-22-43(23-5-1)47-28-10-13-31-50(47)62-55-36-18-16-34-53(55)61(54-35-17-19-37-56(54)62)46-40-41-59-60(42-46)64(52-33-15-12-30-49(52)45-26-8-3-9-27-45)58-39-21-20-38-57(58)63(59)51-32-14-11-29-48(51)44-24-6-2-7-25-44/h1-42H. The first-order valence-corrected chi connectivity index (χ1v) is 22.2. The normalized spacial score (nSPS) is 11.4. The number of hydrogen-bond acceptors (Lipinski definition) is 0. The van der Waals surface area contributed by atoms with Gasteiger partial charge in [0.05, 0.1) is 0 Å². The van der Waals surface area contributed by atoms with E-state index in [0.29, 0.717) is 0 Å². The second-order valence-corrected chi connectivity index (χ2v) is 16.6. The first-order valence-electron chi connectivity index (χ1n) is 22.2. The zero-order chi connectivity index (χ0) is 42.4. The summed E-state index contributed by atoms with van der Waals surface area (Å²) in [6.45, 7) is 0. The second kappa shape index (κ2) is 15.9. The molecule has 0 fully saturated rings. The molecule has 0 spiro atoms. The summed E-state index contributed by atoms with van der Waals surface area (Å²) in [4.78, 5) is 0. The predicted octanol–water partition coefficient (Wildman–Crippen LogP) is 18.0. The van der Waals surface area contributed by atoms with E-state index in [2.05, 4.69) is 255 Å². The van der Waals surface area contributed by atoms with Crippen molar-refractivity contribution in [1.29, 1.82) is 0 Å². The summed E-state index contributed by atoms with van der Waals surface area (Å²) in [5.74, 6) is 0. The van der Waals surface area contributed by atoms with Gasteiger partial charge in [-0.3, -0.25) is 0 Å². The van der Waals surface area contributed by atoms with E-state index in [4.69, 9.17) is 0 Å². The summed E-state index contributed by atoms with van der Waals surface area (Å²) in [6, 6.07) is 93.6. The Hall–Kier alpha value is -8.32. The van der Waals surface area contributed by atoms with Gasteiger partial charge in [0.25, 0.3) is 0 Å². The molecule has 0 unspecified atom stereocenters. The topological polar surface area (TPSA) is 0 Å². The Balaban J connectivity index is 1.21. The summed E-state index contributed by atoms with van der Waals surface area (Å²) in [5.41, 5.74) is 17.2. The van der Waals surface area contributed by atoms with Crippen LogP contribution in [0.4, 0.5) is 0 Å². The predicted molar refractivity (Wildman–Crippen MR) is 275 cm³/mol. The Bertz CT molecular complexity index is 3640. The third kappa shape index (κ3) is 6.23. The molecule has 12 aromatic carbocycles. The highest BCUT2D eigenvalue weighted by Crippen LogP contribution is 2.51. The van der Waals surface area contributed by atoms with Gasteiger partial charge in [0, 0.05) is 0 Å². The minimum absolute atomic E-state index is 1.19. The molecule has 0 nitrogen and oxygen atoms in total. The third-order valence-electron chi connectivity index (χ3n) is 13.1. The average Bonchev–Trinajstić information content (AvgIpc) is 3.38. The van der Waals surface area contributed by atoms with Gasteiger partial charge in [-0.05, 0) is 127 Å². The van der Waals surface area contributed by atoms with Crippen LogP contribution in [0.25, 0.3) is 121 Å². The Labute approximate surface area is 374 Å². The van der Waals surface area contributed by atoms with Crippen LogP contribution < -0.4 is 0 Å². The van der Waals surface area contributed by atoms with E-state index in [1.165, 1.54) is 121 Å². The molecule has 0 saturated heterocycles. The maximum absolute atomic E-state index is 2.50. The molecule has 0 aliphatic carbocycles. The molecule has 0 N–H and O–H groups in total. The average molecular weight is 811 g/mol. The monoisotopic (exact) mass is 810 g/mol. The highest BCUT2D eigenvalue weighted by atomic mass is 14.3. The van der Waals surface area contributed by atoms with E-state index in [9.17, 15) is 0 Å². The van der Waals surface area contributed by atoms with E-state index < -0.39 is 0 Å². The van der Waals surface area contributed by atoms with E-state index in [1.54, 1.807) is 0 Å². The summed E-state index contributed by atoms with van der Waals surface area (Å²) in [7, 11) is 0. The van der Waals surface area contributed by atoms with Gasteiger partial charge in [-0.2, -0.15) is 0 Å². The van der Waals surface area contributed by atoms with Crippen LogP contribution in [0.5, 0.6) is 0 Å². The van der Waals surface area contributed by atoms with Crippen LogP contribution in [0.2, 0.25) is 0 Å². The molecule has 0 aliphatic rings. The van der Waals surface area contributed by atoms with E-state index >= 15 is 0 Å². The molecule has 0 aliphatic heterocycles. The molecule has 298 valence electrons. The van der Waals surface area contributed by atoms with Crippen LogP contribution in [-0.4, -0.2) is 0 Å². The van der Waals surface area contributed by atoms with Crippen LogP contribution in [0.15, 0.2) is 255 Å². The van der Waals surface area contributed by atoms with Crippen molar-refractivity contribution in [1.82, 2.24) is 0 Å². The van der Waals surface area contributed by atoms with Gasteiger partial charge in [-0.25, -0.2) is 0 Å². The van der Waals surface area contributed by atoms with E-state index in [0.717, 1.165) is 0 Å². The molecule has 0 heteroatoms. The van der Waals surface area contributed by atoms with Crippen molar-refractivity contribution >= 4 is 43.1 Å². The Morgan fingerprint density at radius 2 is 0.391 bits per heavy atom. The molecule has 0 saturated carbocycles. The number of fused-ring (bicyclic) bond motifs is 4. The maximum Gasteiger partial charge on any atom is -0.00199 e. The minimum Gasteiger partial charge on any atom is -0.0622 e. The van der Waals surface area contributed by atoms with Crippen molar-refractivity contribution in [2.45, 2.75) is 0 Å². The van der Waals surface area contributed by atoms with Gasteiger partial charge < -0.3 is 0 Å². The lowest BCUT2D eigenvalue weighted by atomic mass is 9.80. The third-order valence-corrected chi connectivity index (χ3v) is 13.1. The lowest BCUT2D eigenvalue weighted by Gasteiger charge is -2.23. The van der Waals surface area contributed by atoms with Crippen LogP contribution >= 0.6 is 0 Å². The Morgan fingerprint density at radius 3 is 0.734 bits per heavy atom. The zero-order valence-corrected chi connectivity index (χ0v) is 35.2. The molecule has 0 atom stereocenters. The molecule has 0 heterocycles. The summed E-state index contributed by atoms with van der Waals surface area (Å²) >= 11 is 0. The second-order valence-electron chi connectivity index (χ2n) is 16.6. The van der Waals surface area contributed by atoms with Gasteiger partial charge in [0.1, 0.15) is 0 Å². The Morgan fingerprint density at radius 1 is 0.141 bits per heavy atom. The lowest BCUT2D eigenvalue weighted by molar-refractivity contribution is 1.59.